The van der Waals surface area contributed by atoms with Crippen LogP contribution in [0.15, 0.2) is 72.8 Å². The van der Waals surface area contributed by atoms with Gasteiger partial charge in [-0.1, -0.05) is 62.9 Å². The lowest BCUT2D eigenvalue weighted by atomic mass is 9.87. The molecule has 7 heteroatoms. The van der Waals surface area contributed by atoms with E-state index in [0.29, 0.717) is 31.2 Å². The quantitative estimate of drug-likeness (QED) is 0.213. The van der Waals surface area contributed by atoms with Gasteiger partial charge in [-0.15, -0.1) is 0 Å². The molecule has 7 nitrogen and oxygen atoms in total. The molecule has 0 saturated carbocycles. The lowest BCUT2D eigenvalue weighted by molar-refractivity contribution is -0.385. The summed E-state index contributed by atoms with van der Waals surface area (Å²) in [6.45, 7) is 6.19. The molecule has 1 atom stereocenters. The van der Waals surface area contributed by atoms with E-state index in [4.69, 9.17) is 0 Å². The number of aryl methyl sites for hydroxylation is 1. The summed E-state index contributed by atoms with van der Waals surface area (Å²) in [6, 6.07) is 19.2. The smallest absolute Gasteiger partial charge is 0.284 e. The molecule has 0 bridgehead atoms. The second-order valence-corrected chi connectivity index (χ2v) is 10.4. The number of carbonyl (C=O) groups excluding carboxylic acids is 2. The van der Waals surface area contributed by atoms with Crippen LogP contribution in [0.4, 0.5) is 5.69 Å². The SMILES string of the molecule is CC(C)(C)CCC(=O)[C@H](CCc1ccccc1)NC(=O)c1ccc([N+](=O)[O-])c(C#Cc2ccc(O)cc2)c1. The number of rotatable bonds is 9. The zero-order valence-corrected chi connectivity index (χ0v) is 21.9. The molecule has 0 unspecified atom stereocenters. The van der Waals surface area contributed by atoms with E-state index in [0.717, 1.165) is 5.56 Å². The maximum atomic E-state index is 13.2. The number of ketones is 1. The summed E-state index contributed by atoms with van der Waals surface area (Å²) in [5, 5.41) is 23.9. The van der Waals surface area contributed by atoms with Crippen molar-refractivity contribution in [2.24, 2.45) is 5.41 Å². The Hall–Kier alpha value is -4.44. The van der Waals surface area contributed by atoms with Crippen molar-refractivity contribution in [1.29, 1.82) is 0 Å². The van der Waals surface area contributed by atoms with Crippen LogP contribution in [0, 0.1) is 27.4 Å². The standard InChI is InChI=1S/C31H32N2O5/c1-31(2,3)20-19-29(35)27(17-12-22-7-5-4-6-8-22)32-30(36)25-14-18-28(33(37)38)24(21-25)13-9-23-10-15-26(34)16-11-23/h4-8,10-11,14-16,18,21,27,34H,12,17,19-20H2,1-3H3,(H,32,36)/t27-/m0/s1. The van der Waals surface area contributed by atoms with Crippen LogP contribution < -0.4 is 5.32 Å². The number of nitro groups is 1. The highest BCUT2D eigenvalue weighted by molar-refractivity contribution is 5.98. The highest BCUT2D eigenvalue weighted by Crippen LogP contribution is 2.23. The summed E-state index contributed by atoms with van der Waals surface area (Å²) >= 11 is 0. The Bertz CT molecular complexity index is 1350. The second kappa shape index (κ2) is 12.7. The van der Waals surface area contributed by atoms with Crippen LogP contribution in [-0.2, 0) is 11.2 Å². The van der Waals surface area contributed by atoms with E-state index in [1.165, 1.54) is 30.3 Å². The summed E-state index contributed by atoms with van der Waals surface area (Å²) in [6.07, 6.45) is 2.10. The summed E-state index contributed by atoms with van der Waals surface area (Å²) in [5.74, 6) is 5.14. The van der Waals surface area contributed by atoms with Crippen LogP contribution in [0.25, 0.3) is 0 Å². The minimum Gasteiger partial charge on any atom is -0.508 e. The number of nitro benzene ring substituents is 1. The summed E-state index contributed by atoms with van der Waals surface area (Å²) in [5.41, 5.74) is 1.63. The molecule has 2 N–H and O–H groups in total. The molecule has 3 aromatic rings. The van der Waals surface area contributed by atoms with Crippen LogP contribution in [0.5, 0.6) is 5.75 Å². The van der Waals surface area contributed by atoms with Crippen LogP contribution in [0.2, 0.25) is 0 Å². The third kappa shape index (κ3) is 8.59. The molecule has 0 saturated heterocycles. The predicted octanol–water partition coefficient (Wildman–Crippen LogP) is 5.83. The Labute approximate surface area is 223 Å². The van der Waals surface area contributed by atoms with E-state index in [-0.39, 0.29) is 33.8 Å². The minimum atomic E-state index is -0.688. The number of hydrogen-bond acceptors (Lipinski definition) is 5. The van der Waals surface area contributed by atoms with E-state index in [2.05, 4.69) is 37.9 Å². The largest absolute Gasteiger partial charge is 0.508 e. The lowest BCUT2D eigenvalue weighted by Gasteiger charge is -2.21. The number of nitrogens with zero attached hydrogens (tertiary/aromatic N) is 1. The molecule has 0 aliphatic carbocycles. The number of phenols is 1. The lowest BCUT2D eigenvalue weighted by Crippen LogP contribution is -2.41. The molecular weight excluding hydrogens is 480 g/mol. The number of aromatic hydroxyl groups is 1. The number of nitrogens with one attached hydrogen (secondary N) is 1. The van der Waals surface area contributed by atoms with E-state index in [9.17, 15) is 24.8 Å². The van der Waals surface area contributed by atoms with Gasteiger partial charge in [-0.05, 0) is 66.6 Å². The molecule has 3 aromatic carbocycles. The molecule has 0 heterocycles. The fraction of sp³-hybridized carbons (Fsp3) is 0.290. The topological polar surface area (TPSA) is 110 Å². The van der Waals surface area contributed by atoms with Crippen molar-refractivity contribution in [3.8, 4) is 17.6 Å². The first-order valence-electron chi connectivity index (χ1n) is 12.5. The third-order valence-electron chi connectivity index (χ3n) is 6.04. The van der Waals surface area contributed by atoms with E-state index in [1.54, 1.807) is 12.1 Å². The molecular formula is C31H32N2O5. The summed E-state index contributed by atoms with van der Waals surface area (Å²) in [7, 11) is 0. The van der Waals surface area contributed by atoms with Gasteiger partial charge in [0.05, 0.1) is 11.0 Å². The average molecular weight is 513 g/mol. The zero-order chi connectivity index (χ0) is 27.7. The van der Waals surface area contributed by atoms with Crippen molar-refractivity contribution in [2.75, 3.05) is 0 Å². The molecule has 0 aliphatic rings. The van der Waals surface area contributed by atoms with Crippen molar-refractivity contribution < 1.29 is 19.6 Å². The number of amides is 1. The Balaban J connectivity index is 1.83. The number of hydrogen-bond donors (Lipinski definition) is 2. The first kappa shape index (κ1) is 28.1. The maximum Gasteiger partial charge on any atom is 0.284 e. The van der Waals surface area contributed by atoms with Crippen molar-refractivity contribution in [2.45, 2.75) is 52.5 Å². The molecule has 3 rings (SSSR count). The molecule has 0 radical (unpaired) electrons. The van der Waals surface area contributed by atoms with Gasteiger partial charge in [0, 0.05) is 23.6 Å². The Morgan fingerprint density at radius 3 is 2.32 bits per heavy atom. The van der Waals surface area contributed by atoms with Crippen LogP contribution in [0.3, 0.4) is 0 Å². The second-order valence-electron chi connectivity index (χ2n) is 10.4. The molecule has 0 spiro atoms. The van der Waals surface area contributed by atoms with Crippen LogP contribution >= 0.6 is 0 Å². The van der Waals surface area contributed by atoms with E-state index >= 15 is 0 Å². The fourth-order valence-electron chi connectivity index (χ4n) is 3.80. The normalized spacial score (nSPS) is 11.7. The van der Waals surface area contributed by atoms with Crippen molar-refractivity contribution in [3.05, 3.63) is 105 Å². The number of carbonyl (C=O) groups is 2. The Kier molecular flexibility index (Phi) is 9.39. The zero-order valence-electron chi connectivity index (χ0n) is 21.9. The van der Waals surface area contributed by atoms with Crippen molar-refractivity contribution in [1.82, 2.24) is 5.32 Å². The van der Waals surface area contributed by atoms with Crippen molar-refractivity contribution in [3.63, 3.8) is 0 Å². The van der Waals surface area contributed by atoms with Gasteiger partial charge >= 0.3 is 0 Å². The first-order chi connectivity index (χ1) is 18.0. The van der Waals surface area contributed by atoms with E-state index in [1.807, 2.05) is 30.3 Å². The third-order valence-corrected chi connectivity index (χ3v) is 6.04. The number of phenolic OH excluding ortho intramolecular Hbond substituents is 1. The van der Waals surface area contributed by atoms with Gasteiger partial charge in [0.15, 0.2) is 5.78 Å². The molecule has 196 valence electrons. The number of Topliss-reactive ketones (excluding diaryl/α,β-unsaturated/α-hetero) is 1. The Morgan fingerprint density at radius 2 is 1.68 bits per heavy atom. The molecule has 38 heavy (non-hydrogen) atoms. The molecule has 0 aromatic heterocycles. The van der Waals surface area contributed by atoms with E-state index < -0.39 is 16.9 Å². The first-order valence-corrected chi connectivity index (χ1v) is 12.5. The van der Waals surface area contributed by atoms with Gasteiger partial charge in [0.2, 0.25) is 0 Å². The van der Waals surface area contributed by atoms with Gasteiger partial charge in [-0.3, -0.25) is 19.7 Å². The highest BCUT2D eigenvalue weighted by atomic mass is 16.6. The van der Waals surface area contributed by atoms with Crippen molar-refractivity contribution >= 4 is 17.4 Å². The van der Waals surface area contributed by atoms with Gasteiger partial charge < -0.3 is 10.4 Å². The van der Waals surface area contributed by atoms with Crippen LogP contribution in [-0.4, -0.2) is 27.8 Å². The monoisotopic (exact) mass is 512 g/mol. The molecule has 0 fully saturated rings. The fourth-order valence-corrected chi connectivity index (χ4v) is 3.80. The molecule has 1 amide bonds. The van der Waals surface area contributed by atoms with Crippen LogP contribution in [0.1, 0.15) is 67.1 Å². The Morgan fingerprint density at radius 1 is 1.00 bits per heavy atom. The minimum absolute atomic E-state index is 0.0208. The van der Waals surface area contributed by atoms with Gasteiger partial charge in [0.25, 0.3) is 11.6 Å². The predicted molar refractivity (Wildman–Crippen MR) is 147 cm³/mol. The van der Waals surface area contributed by atoms with Gasteiger partial charge in [0.1, 0.15) is 11.3 Å². The highest BCUT2D eigenvalue weighted by Gasteiger charge is 2.24. The summed E-state index contributed by atoms with van der Waals surface area (Å²) < 4.78 is 0. The molecule has 0 aliphatic heterocycles. The number of benzene rings is 3. The van der Waals surface area contributed by atoms with Gasteiger partial charge in [-0.25, -0.2) is 0 Å². The maximum absolute atomic E-state index is 13.2. The average Bonchev–Trinajstić information content (AvgIpc) is 2.89. The van der Waals surface area contributed by atoms with Gasteiger partial charge in [-0.2, -0.15) is 0 Å². The summed E-state index contributed by atoms with van der Waals surface area (Å²) in [4.78, 5) is 37.3.